The molecule has 1 heterocycles. The minimum absolute atomic E-state index is 0.0926. The molecule has 9 heavy (non-hydrogen) atoms. The number of nitrogens with zero attached hydrogens (tertiary/aromatic N) is 1. The van der Waals surface area contributed by atoms with Crippen molar-refractivity contribution in [1.82, 2.24) is 0 Å². The van der Waals surface area contributed by atoms with Gasteiger partial charge in [0.2, 0.25) is 0 Å². The smallest absolute Gasteiger partial charge is 0.262 e. The van der Waals surface area contributed by atoms with Gasteiger partial charge in [0, 0.05) is 6.42 Å². The Hall–Kier alpha value is -0.930. The third-order valence-electron chi connectivity index (χ3n) is 1.18. The molecule has 4 heteroatoms. The van der Waals surface area contributed by atoms with Crippen LogP contribution in [0.3, 0.4) is 0 Å². The lowest BCUT2D eigenvalue weighted by atomic mass is 10.2. The fraction of sp³-hybridized carbons (Fsp3) is 0.600. The minimum Gasteiger partial charge on any atom is -0.365 e. The third kappa shape index (κ3) is 1.25. The maximum atomic E-state index is 12.2. The first-order valence-electron chi connectivity index (χ1n) is 2.67. The number of carbonyl (C=O) groups excluding carboxylic acids is 1. The van der Waals surface area contributed by atoms with Crippen LogP contribution in [0, 0.1) is 0 Å². The molecule has 0 radical (unpaired) electrons. The van der Waals surface area contributed by atoms with Gasteiger partial charge in [0.05, 0.1) is 6.54 Å². The second kappa shape index (κ2) is 2.13. The lowest BCUT2D eigenvalue weighted by Crippen LogP contribution is -2.22. The van der Waals surface area contributed by atoms with Gasteiger partial charge in [-0.3, -0.25) is 9.79 Å². The first kappa shape index (κ1) is 6.19. The minimum atomic E-state index is -0.993. The molecule has 0 spiro atoms. The molecule has 0 aromatic rings. The summed E-state index contributed by atoms with van der Waals surface area (Å²) in [4.78, 5) is 13.9. The quantitative estimate of drug-likeness (QED) is 0.518. The van der Waals surface area contributed by atoms with Crippen molar-refractivity contribution in [2.45, 2.75) is 12.6 Å². The van der Waals surface area contributed by atoms with Crippen molar-refractivity contribution in [1.29, 1.82) is 0 Å². The summed E-state index contributed by atoms with van der Waals surface area (Å²) >= 11 is 0. The van der Waals surface area contributed by atoms with Crippen LogP contribution in [0.5, 0.6) is 0 Å². The number of hydrogen-bond acceptors (Lipinski definition) is 2. The molecule has 1 aliphatic rings. The summed E-state index contributed by atoms with van der Waals surface area (Å²) in [6.07, 6.45) is -0.900. The number of primary amides is 1. The van der Waals surface area contributed by atoms with Crippen molar-refractivity contribution < 1.29 is 9.18 Å². The van der Waals surface area contributed by atoms with Crippen LogP contribution in [0.1, 0.15) is 6.42 Å². The molecule has 50 valence electrons. The predicted octanol–water partition coefficient (Wildman–Crippen LogP) is -0.346. The van der Waals surface area contributed by atoms with Crippen molar-refractivity contribution >= 4 is 11.6 Å². The van der Waals surface area contributed by atoms with Crippen molar-refractivity contribution in [3.05, 3.63) is 0 Å². The molecular formula is C5H7FN2O. The summed E-state index contributed by atoms with van der Waals surface area (Å²) in [5.74, 6) is -0.602. The van der Waals surface area contributed by atoms with Gasteiger partial charge in [-0.15, -0.1) is 0 Å². The normalized spacial score (nSPS) is 25.9. The Balaban J connectivity index is 2.55. The van der Waals surface area contributed by atoms with Gasteiger partial charge in [0.15, 0.2) is 0 Å². The van der Waals surface area contributed by atoms with Crippen LogP contribution < -0.4 is 5.73 Å². The first-order chi connectivity index (χ1) is 4.20. The summed E-state index contributed by atoms with van der Waals surface area (Å²) in [7, 11) is 0. The van der Waals surface area contributed by atoms with Crippen molar-refractivity contribution in [2.75, 3.05) is 6.54 Å². The Morgan fingerprint density at radius 2 is 2.56 bits per heavy atom. The van der Waals surface area contributed by atoms with E-state index in [0.717, 1.165) is 0 Å². The number of alkyl halides is 1. The van der Waals surface area contributed by atoms with Crippen LogP contribution in [-0.4, -0.2) is 24.3 Å². The SMILES string of the molecule is NC(=O)C1=NC[C@H](F)C1. The van der Waals surface area contributed by atoms with E-state index in [9.17, 15) is 9.18 Å². The third-order valence-corrected chi connectivity index (χ3v) is 1.18. The number of amides is 1. The van der Waals surface area contributed by atoms with Crippen LogP contribution in [0.4, 0.5) is 4.39 Å². The molecular weight excluding hydrogens is 123 g/mol. The fourth-order valence-electron chi connectivity index (χ4n) is 0.727. The molecule has 0 aromatic heterocycles. The van der Waals surface area contributed by atoms with Crippen LogP contribution in [0.25, 0.3) is 0 Å². The van der Waals surface area contributed by atoms with Gasteiger partial charge in [0.25, 0.3) is 5.91 Å². The lowest BCUT2D eigenvalue weighted by molar-refractivity contribution is -0.112. The average Bonchev–Trinajstić information content (AvgIpc) is 2.14. The molecule has 3 nitrogen and oxygen atoms in total. The number of halogens is 1. The highest BCUT2D eigenvalue weighted by Gasteiger charge is 2.20. The average molecular weight is 130 g/mol. The highest BCUT2D eigenvalue weighted by molar-refractivity contribution is 6.38. The van der Waals surface area contributed by atoms with E-state index < -0.39 is 12.1 Å². The van der Waals surface area contributed by atoms with E-state index in [4.69, 9.17) is 5.73 Å². The summed E-state index contributed by atoms with van der Waals surface area (Å²) in [6, 6.07) is 0. The van der Waals surface area contributed by atoms with Crippen LogP contribution in [0.15, 0.2) is 4.99 Å². The zero-order valence-electron chi connectivity index (χ0n) is 4.80. The van der Waals surface area contributed by atoms with E-state index in [-0.39, 0.29) is 18.7 Å². The van der Waals surface area contributed by atoms with Gasteiger partial charge in [-0.2, -0.15) is 0 Å². The monoisotopic (exact) mass is 130 g/mol. The van der Waals surface area contributed by atoms with Gasteiger partial charge in [-0.1, -0.05) is 0 Å². The number of rotatable bonds is 1. The molecule has 0 fully saturated rings. The molecule has 0 unspecified atom stereocenters. The Morgan fingerprint density at radius 3 is 2.78 bits per heavy atom. The van der Waals surface area contributed by atoms with E-state index in [1.807, 2.05) is 0 Å². The van der Waals surface area contributed by atoms with Gasteiger partial charge >= 0.3 is 0 Å². The summed E-state index contributed by atoms with van der Waals surface area (Å²) in [6.45, 7) is 0.0955. The number of hydrogen-bond donors (Lipinski definition) is 1. The Bertz CT molecular complexity index is 166. The lowest BCUT2D eigenvalue weighted by Gasteiger charge is -1.90. The molecule has 0 aliphatic carbocycles. The van der Waals surface area contributed by atoms with E-state index in [1.165, 1.54) is 0 Å². The Kier molecular flexibility index (Phi) is 1.46. The van der Waals surface area contributed by atoms with Gasteiger partial charge in [-0.25, -0.2) is 4.39 Å². The van der Waals surface area contributed by atoms with Crippen LogP contribution in [0.2, 0.25) is 0 Å². The fourth-order valence-corrected chi connectivity index (χ4v) is 0.727. The van der Waals surface area contributed by atoms with Gasteiger partial charge in [0.1, 0.15) is 11.9 Å². The van der Waals surface area contributed by atoms with E-state index in [2.05, 4.69) is 4.99 Å². The molecule has 0 aromatic carbocycles. The van der Waals surface area contributed by atoms with E-state index in [1.54, 1.807) is 0 Å². The Labute approximate surface area is 51.8 Å². The maximum Gasteiger partial charge on any atom is 0.262 e. The molecule has 2 N–H and O–H groups in total. The van der Waals surface area contributed by atoms with Crippen molar-refractivity contribution in [2.24, 2.45) is 10.7 Å². The number of aliphatic imine (C=N–C) groups is 1. The standard InChI is InChI=1S/C5H7FN2O/c6-3-1-4(5(7)9)8-2-3/h3H,1-2H2,(H2,7,9)/t3-/m1/s1. The first-order valence-corrected chi connectivity index (χ1v) is 2.67. The summed E-state index contributed by atoms with van der Waals surface area (Å²) < 4.78 is 12.2. The Morgan fingerprint density at radius 1 is 1.89 bits per heavy atom. The van der Waals surface area contributed by atoms with Gasteiger partial charge < -0.3 is 5.73 Å². The van der Waals surface area contributed by atoms with E-state index in [0.29, 0.717) is 0 Å². The zero-order chi connectivity index (χ0) is 6.85. The summed E-state index contributed by atoms with van der Waals surface area (Å²) in [5.41, 5.74) is 5.01. The van der Waals surface area contributed by atoms with E-state index >= 15 is 0 Å². The molecule has 0 saturated carbocycles. The number of nitrogens with two attached hydrogens (primary N) is 1. The second-order valence-corrected chi connectivity index (χ2v) is 1.95. The zero-order valence-corrected chi connectivity index (χ0v) is 4.80. The molecule has 0 saturated heterocycles. The largest absolute Gasteiger partial charge is 0.365 e. The molecule has 0 bridgehead atoms. The molecule has 1 amide bonds. The van der Waals surface area contributed by atoms with Crippen LogP contribution >= 0.6 is 0 Å². The topological polar surface area (TPSA) is 55.5 Å². The van der Waals surface area contributed by atoms with Crippen LogP contribution in [-0.2, 0) is 4.79 Å². The number of carbonyl (C=O) groups is 1. The maximum absolute atomic E-state index is 12.2. The molecule has 1 atom stereocenters. The highest BCUT2D eigenvalue weighted by Crippen LogP contribution is 2.08. The summed E-state index contributed by atoms with van der Waals surface area (Å²) in [5, 5.41) is 0. The van der Waals surface area contributed by atoms with Crippen molar-refractivity contribution in [3.63, 3.8) is 0 Å². The van der Waals surface area contributed by atoms with Crippen molar-refractivity contribution in [3.8, 4) is 0 Å². The molecule has 1 rings (SSSR count). The highest BCUT2D eigenvalue weighted by atomic mass is 19.1. The molecule has 1 aliphatic heterocycles. The predicted molar refractivity (Wildman–Crippen MR) is 31.0 cm³/mol. The second-order valence-electron chi connectivity index (χ2n) is 1.95. The van der Waals surface area contributed by atoms with Gasteiger partial charge in [-0.05, 0) is 0 Å².